The fourth-order valence-electron chi connectivity index (χ4n) is 1.32. The monoisotopic (exact) mass is 240 g/mol. The highest BCUT2D eigenvalue weighted by atomic mass is 16.5. The van der Waals surface area contributed by atoms with Crippen LogP contribution in [0.3, 0.4) is 0 Å². The number of hydrogen-bond donors (Lipinski definition) is 2. The molecular formula is C11H16N2O4. The molecule has 0 aromatic carbocycles. The molecule has 1 aromatic heterocycles. The Labute approximate surface area is 99.0 Å². The van der Waals surface area contributed by atoms with Gasteiger partial charge in [-0.05, 0) is 19.8 Å². The third-order valence-corrected chi connectivity index (χ3v) is 2.48. The molecule has 0 bridgehead atoms. The van der Waals surface area contributed by atoms with E-state index in [-0.39, 0.29) is 17.6 Å². The maximum absolute atomic E-state index is 11.5. The molecule has 1 heterocycles. The number of amides is 1. The minimum absolute atomic E-state index is 0.205. The number of carboxylic acid groups (broad SMARTS) is 1. The second-order valence-corrected chi connectivity index (χ2v) is 3.98. The van der Waals surface area contributed by atoms with Crippen molar-refractivity contribution >= 4 is 11.9 Å². The predicted molar refractivity (Wildman–Crippen MR) is 59.6 cm³/mol. The van der Waals surface area contributed by atoms with Gasteiger partial charge in [-0.3, -0.25) is 9.59 Å². The van der Waals surface area contributed by atoms with Crippen LogP contribution in [0.5, 0.6) is 0 Å². The van der Waals surface area contributed by atoms with E-state index in [2.05, 4.69) is 10.5 Å². The number of aliphatic carboxylic acids is 1. The zero-order chi connectivity index (χ0) is 12.8. The summed E-state index contributed by atoms with van der Waals surface area (Å²) in [7, 11) is 0. The van der Waals surface area contributed by atoms with E-state index in [1.54, 1.807) is 13.8 Å². The molecule has 1 aromatic rings. The Bertz CT molecular complexity index is 400. The number of nitrogens with zero attached hydrogens (tertiary/aromatic N) is 1. The van der Waals surface area contributed by atoms with Gasteiger partial charge >= 0.3 is 5.97 Å². The lowest BCUT2D eigenvalue weighted by Gasteiger charge is -2.06. The van der Waals surface area contributed by atoms with Crippen LogP contribution in [0.4, 0.5) is 0 Å². The summed E-state index contributed by atoms with van der Waals surface area (Å²) in [4.78, 5) is 22.1. The van der Waals surface area contributed by atoms with Crippen molar-refractivity contribution in [1.29, 1.82) is 0 Å². The Morgan fingerprint density at radius 1 is 1.59 bits per heavy atom. The minimum Gasteiger partial charge on any atom is -0.481 e. The van der Waals surface area contributed by atoms with Crippen molar-refractivity contribution in [1.82, 2.24) is 10.5 Å². The van der Waals surface area contributed by atoms with Crippen molar-refractivity contribution in [3.8, 4) is 0 Å². The maximum Gasteiger partial charge on any atom is 0.306 e. The Balaban J connectivity index is 2.26. The second-order valence-electron chi connectivity index (χ2n) is 3.98. The number of nitrogens with one attached hydrogen (secondary N) is 1. The van der Waals surface area contributed by atoms with E-state index in [0.717, 1.165) is 0 Å². The average Bonchev–Trinajstić information content (AvgIpc) is 2.70. The number of carboxylic acids is 1. The highest BCUT2D eigenvalue weighted by Gasteiger charge is 2.14. The normalized spacial score (nSPS) is 12.1. The highest BCUT2D eigenvalue weighted by molar-refractivity contribution is 5.92. The van der Waals surface area contributed by atoms with E-state index < -0.39 is 5.97 Å². The first kappa shape index (κ1) is 13.2. The molecular weight excluding hydrogens is 224 g/mol. The molecule has 0 spiro atoms. The largest absolute Gasteiger partial charge is 0.481 e. The van der Waals surface area contributed by atoms with Crippen LogP contribution < -0.4 is 5.32 Å². The molecule has 1 unspecified atom stereocenters. The number of aryl methyl sites for hydroxylation is 1. The van der Waals surface area contributed by atoms with Crippen molar-refractivity contribution in [3.05, 3.63) is 17.5 Å². The van der Waals surface area contributed by atoms with Crippen LogP contribution in [0.1, 0.15) is 35.9 Å². The van der Waals surface area contributed by atoms with E-state index in [1.165, 1.54) is 6.20 Å². The Hall–Kier alpha value is -1.85. The van der Waals surface area contributed by atoms with E-state index in [1.807, 2.05) is 0 Å². The number of aromatic nitrogens is 1. The van der Waals surface area contributed by atoms with Gasteiger partial charge in [-0.15, -0.1) is 0 Å². The number of hydrogen-bond acceptors (Lipinski definition) is 4. The van der Waals surface area contributed by atoms with Gasteiger partial charge in [0, 0.05) is 12.1 Å². The number of carbonyl (C=O) groups excluding carboxylic acids is 1. The first-order valence-electron chi connectivity index (χ1n) is 5.44. The molecule has 0 aliphatic rings. The number of carbonyl (C=O) groups is 2. The molecule has 94 valence electrons. The fraction of sp³-hybridized carbons (Fsp3) is 0.545. The van der Waals surface area contributed by atoms with Gasteiger partial charge in [-0.1, -0.05) is 12.1 Å². The van der Waals surface area contributed by atoms with Gasteiger partial charge in [-0.25, -0.2) is 0 Å². The van der Waals surface area contributed by atoms with Gasteiger partial charge in [0.05, 0.1) is 12.1 Å². The van der Waals surface area contributed by atoms with Crippen molar-refractivity contribution in [2.75, 3.05) is 6.54 Å². The topological polar surface area (TPSA) is 92.4 Å². The lowest BCUT2D eigenvalue weighted by Crippen LogP contribution is -2.25. The molecule has 0 saturated heterocycles. The third kappa shape index (κ3) is 3.90. The molecule has 1 atom stereocenters. The molecule has 0 radical (unpaired) electrons. The standard InChI is InChI=1S/C11H16N2O4/c1-7(11(15)16)4-3-5-12-10(14)9-8(2)6-13-17-9/h6-7H,3-5H2,1-2H3,(H,12,14)(H,15,16). The van der Waals surface area contributed by atoms with Crippen LogP contribution in [-0.2, 0) is 4.79 Å². The first-order valence-corrected chi connectivity index (χ1v) is 5.44. The summed E-state index contributed by atoms with van der Waals surface area (Å²) < 4.78 is 4.79. The Kier molecular flexibility index (Phi) is 4.68. The molecule has 0 fully saturated rings. The smallest absolute Gasteiger partial charge is 0.306 e. The predicted octanol–water partition coefficient (Wildman–Crippen LogP) is 1.21. The quantitative estimate of drug-likeness (QED) is 0.729. The van der Waals surface area contributed by atoms with Crippen LogP contribution in [0.2, 0.25) is 0 Å². The highest BCUT2D eigenvalue weighted by Crippen LogP contribution is 2.07. The van der Waals surface area contributed by atoms with Crippen LogP contribution in [0.25, 0.3) is 0 Å². The van der Waals surface area contributed by atoms with Gasteiger partial charge in [0.25, 0.3) is 5.91 Å². The summed E-state index contributed by atoms with van der Waals surface area (Å²) in [6.07, 6.45) is 2.62. The number of rotatable bonds is 6. The van der Waals surface area contributed by atoms with E-state index in [4.69, 9.17) is 9.63 Å². The summed E-state index contributed by atoms with van der Waals surface area (Å²) in [6, 6.07) is 0. The van der Waals surface area contributed by atoms with Crippen molar-refractivity contribution in [2.45, 2.75) is 26.7 Å². The Morgan fingerprint density at radius 2 is 2.29 bits per heavy atom. The van der Waals surface area contributed by atoms with Gasteiger partial charge in [-0.2, -0.15) is 0 Å². The van der Waals surface area contributed by atoms with Crippen molar-refractivity contribution in [3.63, 3.8) is 0 Å². The molecule has 0 aliphatic heterocycles. The lowest BCUT2D eigenvalue weighted by atomic mass is 10.1. The van der Waals surface area contributed by atoms with Crippen LogP contribution >= 0.6 is 0 Å². The minimum atomic E-state index is -0.817. The fourth-order valence-corrected chi connectivity index (χ4v) is 1.32. The van der Waals surface area contributed by atoms with Gasteiger partial charge in [0.1, 0.15) is 0 Å². The molecule has 6 heteroatoms. The molecule has 6 nitrogen and oxygen atoms in total. The summed E-state index contributed by atoms with van der Waals surface area (Å²) >= 11 is 0. The molecule has 17 heavy (non-hydrogen) atoms. The zero-order valence-electron chi connectivity index (χ0n) is 9.90. The second kappa shape index (κ2) is 6.03. The van der Waals surface area contributed by atoms with Gasteiger partial charge in [0.2, 0.25) is 5.76 Å². The summed E-state index contributed by atoms with van der Waals surface area (Å²) in [5, 5.41) is 14.8. The van der Waals surface area contributed by atoms with Crippen molar-refractivity contribution in [2.24, 2.45) is 5.92 Å². The zero-order valence-corrected chi connectivity index (χ0v) is 9.90. The average molecular weight is 240 g/mol. The SMILES string of the molecule is Cc1cnoc1C(=O)NCCCC(C)C(=O)O. The van der Waals surface area contributed by atoms with Crippen LogP contribution in [-0.4, -0.2) is 28.7 Å². The Morgan fingerprint density at radius 3 is 2.82 bits per heavy atom. The van der Waals surface area contributed by atoms with Crippen LogP contribution in [0, 0.1) is 12.8 Å². The van der Waals surface area contributed by atoms with E-state index in [0.29, 0.717) is 24.9 Å². The molecule has 1 rings (SSSR count). The first-order chi connectivity index (χ1) is 8.02. The van der Waals surface area contributed by atoms with Crippen LogP contribution in [0.15, 0.2) is 10.7 Å². The molecule has 1 amide bonds. The molecule has 2 N–H and O–H groups in total. The maximum atomic E-state index is 11.5. The molecule has 0 aliphatic carbocycles. The third-order valence-electron chi connectivity index (χ3n) is 2.48. The van der Waals surface area contributed by atoms with Gasteiger partial charge < -0.3 is 14.9 Å². The van der Waals surface area contributed by atoms with Crippen molar-refractivity contribution < 1.29 is 19.2 Å². The van der Waals surface area contributed by atoms with E-state index >= 15 is 0 Å². The summed E-state index contributed by atoms with van der Waals surface area (Å²) in [6.45, 7) is 3.80. The summed E-state index contributed by atoms with van der Waals surface area (Å²) in [5.41, 5.74) is 0.682. The lowest BCUT2D eigenvalue weighted by molar-refractivity contribution is -0.141. The van der Waals surface area contributed by atoms with E-state index in [9.17, 15) is 9.59 Å². The summed E-state index contributed by atoms with van der Waals surface area (Å²) in [5.74, 6) is -1.32. The molecule has 0 saturated carbocycles. The van der Waals surface area contributed by atoms with Gasteiger partial charge in [0.15, 0.2) is 0 Å².